The zero-order chi connectivity index (χ0) is 16.1. The van der Waals surface area contributed by atoms with Crippen LogP contribution in [0.2, 0.25) is 0 Å². The Bertz CT molecular complexity index is 625. The van der Waals surface area contributed by atoms with Crippen LogP contribution < -0.4 is 0 Å². The van der Waals surface area contributed by atoms with Crippen molar-refractivity contribution in [2.45, 2.75) is 45.1 Å². The second kappa shape index (κ2) is 7.49. The van der Waals surface area contributed by atoms with Gasteiger partial charge in [0.2, 0.25) is 5.91 Å². The Labute approximate surface area is 138 Å². The molecule has 3 rings (SSSR count). The van der Waals surface area contributed by atoms with Crippen LogP contribution in [-0.2, 0) is 4.79 Å². The van der Waals surface area contributed by atoms with Crippen LogP contribution in [0.1, 0.15) is 49.3 Å². The van der Waals surface area contributed by atoms with Crippen LogP contribution in [-0.4, -0.2) is 28.5 Å². The van der Waals surface area contributed by atoms with Gasteiger partial charge in [0.15, 0.2) is 0 Å². The topological polar surface area (TPSA) is 25.2 Å². The summed E-state index contributed by atoms with van der Waals surface area (Å²) in [5, 5.41) is 0. The van der Waals surface area contributed by atoms with Crippen LogP contribution in [0.3, 0.4) is 0 Å². The van der Waals surface area contributed by atoms with Gasteiger partial charge in [-0.05, 0) is 43.0 Å². The molecule has 23 heavy (non-hydrogen) atoms. The molecule has 2 aromatic rings. The third-order valence-electron chi connectivity index (χ3n) is 4.86. The lowest BCUT2D eigenvalue weighted by Gasteiger charge is -2.26. The SMILES string of the molecule is Cc1ccccc1[C@@H](CC(=O)N1CCCCCC1)n1cccc1. The molecule has 3 nitrogen and oxygen atoms in total. The van der Waals surface area contributed by atoms with Gasteiger partial charge in [-0.1, -0.05) is 37.1 Å². The van der Waals surface area contributed by atoms with Crippen molar-refractivity contribution in [2.75, 3.05) is 13.1 Å². The maximum Gasteiger partial charge on any atom is 0.225 e. The van der Waals surface area contributed by atoms with Gasteiger partial charge in [-0.3, -0.25) is 4.79 Å². The Balaban J connectivity index is 1.82. The molecule has 1 aromatic heterocycles. The molecule has 1 aliphatic heterocycles. The van der Waals surface area contributed by atoms with E-state index in [-0.39, 0.29) is 11.9 Å². The average Bonchev–Trinajstić information content (AvgIpc) is 2.95. The van der Waals surface area contributed by atoms with Gasteiger partial charge in [0.05, 0.1) is 12.5 Å². The largest absolute Gasteiger partial charge is 0.346 e. The quantitative estimate of drug-likeness (QED) is 0.831. The zero-order valence-corrected chi connectivity index (χ0v) is 13.9. The van der Waals surface area contributed by atoms with E-state index in [1.54, 1.807) is 0 Å². The Morgan fingerprint density at radius 3 is 2.30 bits per heavy atom. The molecule has 122 valence electrons. The van der Waals surface area contributed by atoms with E-state index in [9.17, 15) is 4.79 Å². The first-order valence-electron chi connectivity index (χ1n) is 8.71. The molecule has 3 heteroatoms. The van der Waals surface area contributed by atoms with Crippen molar-refractivity contribution in [1.82, 2.24) is 9.47 Å². The number of nitrogens with zero attached hydrogens (tertiary/aromatic N) is 2. The predicted molar refractivity (Wildman–Crippen MR) is 93.4 cm³/mol. The molecule has 1 amide bonds. The number of rotatable bonds is 4. The minimum absolute atomic E-state index is 0.0851. The summed E-state index contributed by atoms with van der Waals surface area (Å²) < 4.78 is 2.16. The summed E-state index contributed by atoms with van der Waals surface area (Å²) in [6.45, 7) is 3.97. The van der Waals surface area contributed by atoms with Gasteiger partial charge in [-0.15, -0.1) is 0 Å². The summed E-state index contributed by atoms with van der Waals surface area (Å²) in [5.41, 5.74) is 2.49. The van der Waals surface area contributed by atoms with Gasteiger partial charge in [0.25, 0.3) is 0 Å². The summed E-state index contributed by atoms with van der Waals surface area (Å²) in [7, 11) is 0. The maximum absolute atomic E-state index is 12.9. The van der Waals surface area contributed by atoms with Gasteiger partial charge in [0, 0.05) is 25.5 Å². The second-order valence-electron chi connectivity index (χ2n) is 6.50. The van der Waals surface area contributed by atoms with Crippen LogP contribution >= 0.6 is 0 Å². The third-order valence-corrected chi connectivity index (χ3v) is 4.86. The Kier molecular flexibility index (Phi) is 5.16. The number of aromatic nitrogens is 1. The van der Waals surface area contributed by atoms with Crippen molar-refractivity contribution in [2.24, 2.45) is 0 Å². The first-order valence-corrected chi connectivity index (χ1v) is 8.71. The molecule has 0 radical (unpaired) electrons. The highest BCUT2D eigenvalue weighted by molar-refractivity contribution is 5.77. The summed E-state index contributed by atoms with van der Waals surface area (Å²) in [6, 6.07) is 12.5. The van der Waals surface area contributed by atoms with Crippen LogP contribution in [0.15, 0.2) is 48.8 Å². The maximum atomic E-state index is 12.9. The van der Waals surface area contributed by atoms with E-state index in [0.29, 0.717) is 6.42 Å². The number of hydrogen-bond acceptors (Lipinski definition) is 1. The van der Waals surface area contributed by atoms with Crippen molar-refractivity contribution < 1.29 is 4.79 Å². The third kappa shape index (κ3) is 3.84. The van der Waals surface area contributed by atoms with Gasteiger partial charge >= 0.3 is 0 Å². The van der Waals surface area contributed by atoms with E-state index in [1.165, 1.54) is 24.0 Å². The van der Waals surface area contributed by atoms with Crippen LogP contribution in [0, 0.1) is 6.92 Å². The van der Waals surface area contributed by atoms with E-state index in [2.05, 4.69) is 53.0 Å². The molecular formula is C20H26N2O. The summed E-state index contributed by atoms with van der Waals surface area (Å²) in [4.78, 5) is 14.9. The predicted octanol–water partition coefficient (Wildman–Crippen LogP) is 4.18. The fourth-order valence-corrected chi connectivity index (χ4v) is 3.51. The van der Waals surface area contributed by atoms with Crippen molar-refractivity contribution in [3.8, 4) is 0 Å². The summed E-state index contributed by atoms with van der Waals surface area (Å²) in [5.74, 6) is 0.286. The lowest BCUT2D eigenvalue weighted by atomic mass is 9.98. The van der Waals surface area contributed by atoms with Gasteiger partial charge in [0.1, 0.15) is 0 Å². The first-order chi connectivity index (χ1) is 11.3. The smallest absolute Gasteiger partial charge is 0.225 e. The minimum Gasteiger partial charge on any atom is -0.346 e. The standard InChI is InChI=1S/C20H26N2O/c1-17-10-4-5-11-18(17)19(21-12-8-9-13-21)16-20(23)22-14-6-2-3-7-15-22/h4-5,8-13,19H,2-3,6-7,14-16H2,1H3/t19-/m1/s1. The zero-order valence-electron chi connectivity index (χ0n) is 13.9. The fraction of sp³-hybridized carbons (Fsp3) is 0.450. The Morgan fingerprint density at radius 2 is 1.65 bits per heavy atom. The summed E-state index contributed by atoms with van der Waals surface area (Å²) in [6.07, 6.45) is 9.46. The average molecular weight is 310 g/mol. The molecule has 0 unspecified atom stereocenters. The van der Waals surface area contributed by atoms with Crippen LogP contribution in [0.5, 0.6) is 0 Å². The lowest BCUT2D eigenvalue weighted by molar-refractivity contribution is -0.131. The Hall–Kier alpha value is -2.03. The number of carbonyl (C=O) groups excluding carboxylic acids is 1. The monoisotopic (exact) mass is 310 g/mol. The number of likely N-dealkylation sites (tertiary alicyclic amines) is 1. The first kappa shape index (κ1) is 15.9. The van der Waals surface area contributed by atoms with Gasteiger partial charge in [-0.2, -0.15) is 0 Å². The van der Waals surface area contributed by atoms with Gasteiger partial charge < -0.3 is 9.47 Å². The molecule has 0 N–H and O–H groups in total. The molecule has 1 saturated heterocycles. The van der Waals surface area contributed by atoms with Crippen LogP contribution in [0.25, 0.3) is 0 Å². The molecule has 1 aliphatic rings. The lowest BCUT2D eigenvalue weighted by Crippen LogP contribution is -2.33. The fourth-order valence-electron chi connectivity index (χ4n) is 3.51. The summed E-state index contributed by atoms with van der Waals surface area (Å²) >= 11 is 0. The van der Waals surface area contributed by atoms with Crippen LogP contribution in [0.4, 0.5) is 0 Å². The number of carbonyl (C=O) groups is 1. The molecule has 0 aliphatic carbocycles. The molecule has 0 saturated carbocycles. The van der Waals surface area contributed by atoms with Gasteiger partial charge in [-0.25, -0.2) is 0 Å². The van der Waals surface area contributed by atoms with Crippen molar-refractivity contribution >= 4 is 5.91 Å². The molecule has 1 aromatic carbocycles. The van der Waals surface area contributed by atoms with Crippen molar-refractivity contribution in [3.63, 3.8) is 0 Å². The second-order valence-corrected chi connectivity index (χ2v) is 6.50. The number of amides is 1. The Morgan fingerprint density at radius 1 is 1.00 bits per heavy atom. The van der Waals surface area contributed by atoms with E-state index in [4.69, 9.17) is 0 Å². The molecule has 0 bridgehead atoms. The highest BCUT2D eigenvalue weighted by Gasteiger charge is 2.23. The molecule has 0 spiro atoms. The molecular weight excluding hydrogens is 284 g/mol. The molecule has 2 heterocycles. The van der Waals surface area contributed by atoms with E-state index < -0.39 is 0 Å². The highest BCUT2D eigenvalue weighted by Crippen LogP contribution is 2.26. The van der Waals surface area contributed by atoms with Crippen molar-refractivity contribution in [1.29, 1.82) is 0 Å². The number of hydrogen-bond donors (Lipinski definition) is 0. The molecule has 1 fully saturated rings. The number of aryl methyl sites for hydroxylation is 1. The van der Waals surface area contributed by atoms with E-state index in [1.807, 2.05) is 12.1 Å². The van der Waals surface area contributed by atoms with E-state index >= 15 is 0 Å². The van der Waals surface area contributed by atoms with Crippen molar-refractivity contribution in [3.05, 3.63) is 59.9 Å². The molecule has 1 atom stereocenters. The van der Waals surface area contributed by atoms with E-state index in [0.717, 1.165) is 25.9 Å². The normalized spacial score (nSPS) is 16.8. The minimum atomic E-state index is 0.0851. The highest BCUT2D eigenvalue weighted by atomic mass is 16.2. The number of benzene rings is 1.